The highest BCUT2D eigenvalue weighted by Crippen LogP contribution is 2.16. The van der Waals surface area contributed by atoms with Gasteiger partial charge in [-0.1, -0.05) is 11.6 Å². The zero-order chi connectivity index (χ0) is 14.0. The Kier molecular flexibility index (Phi) is 3.60. The average Bonchev–Trinajstić information content (AvgIpc) is 2.30. The Morgan fingerprint density at radius 2 is 1.74 bits per heavy atom. The van der Waals surface area contributed by atoms with Crippen molar-refractivity contribution in [3.05, 3.63) is 64.7 Å². The van der Waals surface area contributed by atoms with E-state index in [9.17, 15) is 13.6 Å². The van der Waals surface area contributed by atoms with Crippen LogP contribution in [0, 0.1) is 25.5 Å². The quantitative estimate of drug-likeness (QED) is 0.874. The average molecular weight is 261 g/mol. The molecule has 19 heavy (non-hydrogen) atoms. The number of rotatable bonds is 2. The Labute approximate surface area is 110 Å². The first-order valence-corrected chi connectivity index (χ1v) is 5.80. The third-order valence-corrected chi connectivity index (χ3v) is 2.67. The highest BCUT2D eigenvalue weighted by molar-refractivity contribution is 6.04. The van der Waals surface area contributed by atoms with Gasteiger partial charge in [0.25, 0.3) is 5.91 Å². The monoisotopic (exact) mass is 261 g/mol. The van der Waals surface area contributed by atoms with E-state index >= 15 is 0 Å². The summed E-state index contributed by atoms with van der Waals surface area (Å²) in [5, 5.41) is 2.49. The van der Waals surface area contributed by atoms with Gasteiger partial charge in [0.15, 0.2) is 0 Å². The molecule has 0 fully saturated rings. The lowest BCUT2D eigenvalue weighted by Crippen LogP contribution is -2.14. The molecule has 2 aromatic rings. The van der Waals surface area contributed by atoms with Gasteiger partial charge in [0.05, 0.1) is 5.56 Å². The van der Waals surface area contributed by atoms with E-state index in [0.717, 1.165) is 5.56 Å². The van der Waals surface area contributed by atoms with Crippen LogP contribution in [0.25, 0.3) is 0 Å². The molecular formula is C15H13F2NO. The second kappa shape index (κ2) is 5.18. The Morgan fingerprint density at radius 3 is 2.42 bits per heavy atom. The van der Waals surface area contributed by atoms with Crippen molar-refractivity contribution in [2.75, 3.05) is 5.32 Å². The summed E-state index contributed by atoms with van der Waals surface area (Å²) in [6, 6.07) is 8.44. The van der Waals surface area contributed by atoms with E-state index in [-0.39, 0.29) is 5.56 Å². The lowest BCUT2D eigenvalue weighted by molar-refractivity contribution is 0.102. The van der Waals surface area contributed by atoms with Gasteiger partial charge in [-0.25, -0.2) is 8.78 Å². The number of nitrogens with one attached hydrogen (secondary N) is 1. The van der Waals surface area contributed by atoms with Crippen LogP contribution in [0.1, 0.15) is 21.5 Å². The van der Waals surface area contributed by atoms with Gasteiger partial charge in [0, 0.05) is 5.69 Å². The second-order valence-electron chi connectivity index (χ2n) is 4.45. The molecule has 0 aliphatic heterocycles. The maximum absolute atomic E-state index is 13.5. The molecule has 2 aromatic carbocycles. The minimum Gasteiger partial charge on any atom is -0.322 e. The van der Waals surface area contributed by atoms with Crippen LogP contribution < -0.4 is 5.32 Å². The van der Waals surface area contributed by atoms with Gasteiger partial charge in [0.2, 0.25) is 0 Å². The smallest absolute Gasteiger partial charge is 0.258 e. The molecule has 0 aliphatic rings. The van der Waals surface area contributed by atoms with Gasteiger partial charge in [-0.3, -0.25) is 4.79 Å². The van der Waals surface area contributed by atoms with Crippen molar-refractivity contribution in [1.29, 1.82) is 0 Å². The van der Waals surface area contributed by atoms with E-state index in [1.54, 1.807) is 26.0 Å². The zero-order valence-electron chi connectivity index (χ0n) is 10.6. The van der Waals surface area contributed by atoms with Crippen LogP contribution in [0.2, 0.25) is 0 Å². The van der Waals surface area contributed by atoms with Crippen molar-refractivity contribution < 1.29 is 13.6 Å². The van der Waals surface area contributed by atoms with Crippen LogP contribution in [0.5, 0.6) is 0 Å². The lowest BCUT2D eigenvalue weighted by Gasteiger charge is -2.08. The summed E-state index contributed by atoms with van der Waals surface area (Å²) in [4.78, 5) is 11.9. The Morgan fingerprint density at radius 1 is 1.00 bits per heavy atom. The van der Waals surface area contributed by atoms with Gasteiger partial charge >= 0.3 is 0 Å². The Balaban J connectivity index is 2.28. The first-order valence-electron chi connectivity index (χ1n) is 5.80. The van der Waals surface area contributed by atoms with Gasteiger partial charge < -0.3 is 5.32 Å². The van der Waals surface area contributed by atoms with Gasteiger partial charge in [-0.2, -0.15) is 0 Å². The molecule has 2 rings (SSSR count). The molecule has 0 aliphatic carbocycles. The number of halogens is 2. The number of carbonyl (C=O) groups excluding carboxylic acids is 1. The number of aryl methyl sites for hydroxylation is 2. The van der Waals surface area contributed by atoms with Crippen molar-refractivity contribution >= 4 is 11.6 Å². The molecule has 4 heteroatoms. The molecule has 0 unspecified atom stereocenters. The van der Waals surface area contributed by atoms with Crippen molar-refractivity contribution in [3.8, 4) is 0 Å². The van der Waals surface area contributed by atoms with Crippen LogP contribution in [-0.4, -0.2) is 5.91 Å². The van der Waals surface area contributed by atoms with E-state index in [1.165, 1.54) is 24.3 Å². The maximum atomic E-state index is 13.5. The van der Waals surface area contributed by atoms with E-state index in [4.69, 9.17) is 0 Å². The largest absolute Gasteiger partial charge is 0.322 e. The standard InChI is InChI=1S/C15H13F2NO/c1-9-3-4-14(17)13(7-9)15(19)18-12-6-10(2)5-11(16)8-12/h3-8H,1-2H3,(H,18,19). The SMILES string of the molecule is Cc1cc(F)cc(NC(=O)c2cc(C)ccc2F)c1. The van der Waals surface area contributed by atoms with E-state index in [1.807, 2.05) is 0 Å². The zero-order valence-corrected chi connectivity index (χ0v) is 10.6. The maximum Gasteiger partial charge on any atom is 0.258 e. The van der Waals surface area contributed by atoms with Crippen LogP contribution in [0.15, 0.2) is 36.4 Å². The highest BCUT2D eigenvalue weighted by Gasteiger charge is 2.12. The molecule has 0 heterocycles. The van der Waals surface area contributed by atoms with Crippen LogP contribution in [0.4, 0.5) is 14.5 Å². The number of hydrogen-bond acceptors (Lipinski definition) is 1. The minimum atomic E-state index is -0.601. The van der Waals surface area contributed by atoms with Gasteiger partial charge in [-0.05, 0) is 49.7 Å². The third-order valence-electron chi connectivity index (χ3n) is 2.67. The molecule has 0 spiro atoms. The summed E-state index contributed by atoms with van der Waals surface area (Å²) >= 11 is 0. The molecule has 0 radical (unpaired) electrons. The molecule has 0 bridgehead atoms. The fraction of sp³-hybridized carbons (Fsp3) is 0.133. The molecule has 1 N–H and O–H groups in total. The number of hydrogen-bond donors (Lipinski definition) is 1. The van der Waals surface area contributed by atoms with Crippen molar-refractivity contribution in [3.63, 3.8) is 0 Å². The van der Waals surface area contributed by atoms with Gasteiger partial charge in [-0.15, -0.1) is 0 Å². The summed E-state index contributed by atoms with van der Waals surface area (Å²) in [5.41, 5.74) is 1.72. The molecule has 1 amide bonds. The topological polar surface area (TPSA) is 29.1 Å². The fourth-order valence-corrected chi connectivity index (χ4v) is 1.82. The summed E-state index contributed by atoms with van der Waals surface area (Å²) in [6.07, 6.45) is 0. The number of anilines is 1. The molecule has 0 aromatic heterocycles. The van der Waals surface area contributed by atoms with E-state index < -0.39 is 17.5 Å². The lowest BCUT2D eigenvalue weighted by atomic mass is 10.1. The Bertz CT molecular complexity index is 618. The summed E-state index contributed by atoms with van der Waals surface area (Å²) in [7, 11) is 0. The number of carbonyl (C=O) groups is 1. The van der Waals surface area contributed by atoms with Crippen molar-refractivity contribution in [2.24, 2.45) is 0 Å². The minimum absolute atomic E-state index is 0.0538. The third kappa shape index (κ3) is 3.16. The van der Waals surface area contributed by atoms with Crippen molar-refractivity contribution in [1.82, 2.24) is 0 Å². The van der Waals surface area contributed by atoms with E-state index in [0.29, 0.717) is 11.3 Å². The fourth-order valence-electron chi connectivity index (χ4n) is 1.82. The first-order chi connectivity index (χ1) is 8.95. The molecule has 0 atom stereocenters. The molecule has 2 nitrogen and oxygen atoms in total. The van der Waals surface area contributed by atoms with Crippen LogP contribution in [-0.2, 0) is 0 Å². The van der Waals surface area contributed by atoms with Crippen LogP contribution >= 0.6 is 0 Å². The molecule has 98 valence electrons. The predicted molar refractivity (Wildman–Crippen MR) is 70.2 cm³/mol. The summed E-state index contributed by atoms with van der Waals surface area (Å²) in [6.45, 7) is 3.48. The van der Waals surface area contributed by atoms with Gasteiger partial charge in [0.1, 0.15) is 11.6 Å². The Hall–Kier alpha value is -2.23. The molecule has 0 saturated heterocycles. The number of amides is 1. The number of benzene rings is 2. The van der Waals surface area contributed by atoms with Crippen LogP contribution in [0.3, 0.4) is 0 Å². The second-order valence-corrected chi connectivity index (χ2v) is 4.45. The normalized spacial score (nSPS) is 10.3. The predicted octanol–water partition coefficient (Wildman–Crippen LogP) is 3.83. The summed E-state index contributed by atoms with van der Waals surface area (Å²) in [5.74, 6) is -1.64. The first kappa shape index (κ1) is 13.2. The highest BCUT2D eigenvalue weighted by atomic mass is 19.1. The molecule has 0 saturated carbocycles. The van der Waals surface area contributed by atoms with E-state index in [2.05, 4.69) is 5.32 Å². The summed E-state index contributed by atoms with van der Waals surface area (Å²) < 4.78 is 26.7. The molecular weight excluding hydrogens is 248 g/mol. The van der Waals surface area contributed by atoms with Crippen molar-refractivity contribution in [2.45, 2.75) is 13.8 Å².